The van der Waals surface area contributed by atoms with Gasteiger partial charge >= 0.3 is 0 Å². The van der Waals surface area contributed by atoms with Crippen LogP contribution in [0.4, 0.5) is 5.69 Å². The molecule has 21 heavy (non-hydrogen) atoms. The van der Waals surface area contributed by atoms with Gasteiger partial charge in [0.05, 0.1) is 17.8 Å². The summed E-state index contributed by atoms with van der Waals surface area (Å²) in [6.07, 6.45) is 5.84. The Kier molecular flexibility index (Phi) is 5.65. The van der Waals surface area contributed by atoms with Crippen LogP contribution in [0.1, 0.15) is 39.5 Å². The summed E-state index contributed by atoms with van der Waals surface area (Å²) in [5.41, 5.74) is 0.155. The van der Waals surface area contributed by atoms with E-state index in [-0.39, 0.29) is 18.2 Å². The van der Waals surface area contributed by atoms with E-state index < -0.39 is 0 Å². The highest BCUT2D eigenvalue weighted by atomic mass is 35.5. The fourth-order valence-electron chi connectivity index (χ4n) is 2.60. The van der Waals surface area contributed by atoms with Gasteiger partial charge < -0.3 is 10.4 Å². The molecule has 6 heteroatoms. The number of aromatic nitrogens is 2. The second-order valence-corrected chi connectivity index (χ2v) is 6.71. The molecule has 0 spiro atoms. The molecule has 0 aromatic carbocycles. The molecule has 1 fully saturated rings. The first-order valence-corrected chi connectivity index (χ1v) is 8.02. The van der Waals surface area contributed by atoms with Gasteiger partial charge in [0, 0.05) is 12.6 Å². The Balaban J connectivity index is 2.16. The maximum atomic E-state index is 12.5. The van der Waals surface area contributed by atoms with Crippen molar-refractivity contribution in [3.63, 3.8) is 0 Å². The third-order valence-corrected chi connectivity index (χ3v) is 4.26. The molecule has 0 radical (unpaired) electrons. The molecule has 2 N–H and O–H groups in total. The summed E-state index contributed by atoms with van der Waals surface area (Å²) in [6.45, 7) is 4.78. The van der Waals surface area contributed by atoms with Crippen LogP contribution in [0.3, 0.4) is 0 Å². The van der Waals surface area contributed by atoms with Crippen molar-refractivity contribution in [3.05, 3.63) is 21.6 Å². The van der Waals surface area contributed by atoms with Crippen LogP contribution in [0, 0.1) is 11.8 Å². The summed E-state index contributed by atoms with van der Waals surface area (Å²) in [7, 11) is 0. The Hall–Kier alpha value is -1.07. The van der Waals surface area contributed by atoms with Crippen molar-refractivity contribution in [2.75, 3.05) is 11.9 Å². The molecular weight excluding hydrogens is 290 g/mol. The highest BCUT2D eigenvalue weighted by molar-refractivity contribution is 6.33. The number of nitrogens with zero attached hydrogens (tertiary/aromatic N) is 2. The third kappa shape index (κ3) is 4.20. The maximum absolute atomic E-state index is 12.5. The van der Waals surface area contributed by atoms with Gasteiger partial charge in [0.1, 0.15) is 5.69 Å². The Morgan fingerprint density at radius 1 is 1.52 bits per heavy atom. The van der Waals surface area contributed by atoms with E-state index in [0.717, 1.165) is 19.3 Å². The van der Waals surface area contributed by atoms with Gasteiger partial charge in [-0.05, 0) is 31.1 Å². The first-order chi connectivity index (χ1) is 10.0. The van der Waals surface area contributed by atoms with Gasteiger partial charge in [-0.1, -0.05) is 31.9 Å². The zero-order valence-corrected chi connectivity index (χ0v) is 13.4. The minimum atomic E-state index is -0.198. The average molecular weight is 314 g/mol. The highest BCUT2D eigenvalue weighted by Crippen LogP contribution is 2.27. The molecule has 0 saturated heterocycles. The van der Waals surface area contributed by atoms with Crippen LogP contribution in [0.15, 0.2) is 11.0 Å². The Bertz CT molecular complexity index is 526. The first-order valence-electron chi connectivity index (χ1n) is 7.64. The summed E-state index contributed by atoms with van der Waals surface area (Å²) in [6, 6.07) is -0.172. The zero-order valence-electron chi connectivity index (χ0n) is 12.7. The average Bonchev–Trinajstić information content (AvgIpc) is 2.38. The van der Waals surface area contributed by atoms with Gasteiger partial charge in [0.15, 0.2) is 0 Å². The fourth-order valence-corrected chi connectivity index (χ4v) is 2.78. The van der Waals surface area contributed by atoms with Gasteiger partial charge in [0.25, 0.3) is 5.56 Å². The van der Waals surface area contributed by atoms with Gasteiger partial charge in [-0.15, -0.1) is 0 Å². The quantitative estimate of drug-likeness (QED) is 0.811. The molecule has 1 atom stereocenters. The van der Waals surface area contributed by atoms with Crippen molar-refractivity contribution >= 4 is 17.3 Å². The molecule has 5 nitrogen and oxygen atoms in total. The molecule has 118 valence electrons. The number of aliphatic hydroxyl groups is 1. The number of nitrogens with one attached hydrogen (secondary N) is 1. The van der Waals surface area contributed by atoms with Crippen molar-refractivity contribution < 1.29 is 5.11 Å². The molecule has 0 aliphatic heterocycles. The van der Waals surface area contributed by atoms with Crippen LogP contribution >= 0.6 is 11.6 Å². The lowest BCUT2D eigenvalue weighted by Crippen LogP contribution is -2.34. The van der Waals surface area contributed by atoms with E-state index in [2.05, 4.69) is 24.3 Å². The van der Waals surface area contributed by atoms with E-state index >= 15 is 0 Å². The van der Waals surface area contributed by atoms with Crippen molar-refractivity contribution in [2.24, 2.45) is 11.8 Å². The van der Waals surface area contributed by atoms with Crippen molar-refractivity contribution in [2.45, 2.75) is 52.1 Å². The first kappa shape index (κ1) is 16.3. The van der Waals surface area contributed by atoms with E-state index in [1.165, 1.54) is 17.3 Å². The number of anilines is 1. The number of halogens is 1. The third-order valence-electron chi connectivity index (χ3n) is 3.98. The standard InChI is InChI=1S/C15H24ClN3O2/c1-10(2)6-12(9-20)18-14-13(16)7-17-19(15(14)21)8-11-4-3-5-11/h7,10-12,18,20H,3-6,8-9H2,1-2H3. The topological polar surface area (TPSA) is 67.2 Å². The van der Waals surface area contributed by atoms with E-state index in [4.69, 9.17) is 11.6 Å². The lowest BCUT2D eigenvalue weighted by molar-refractivity contribution is 0.257. The molecule has 1 heterocycles. The predicted octanol–water partition coefficient (Wildman–Crippen LogP) is 2.52. The largest absolute Gasteiger partial charge is 0.394 e. The van der Waals surface area contributed by atoms with Crippen LogP contribution < -0.4 is 10.9 Å². The Morgan fingerprint density at radius 2 is 2.24 bits per heavy atom. The van der Waals surface area contributed by atoms with Crippen LogP contribution in [0.2, 0.25) is 5.02 Å². The molecule has 1 aromatic rings. The molecule has 0 bridgehead atoms. The number of aliphatic hydroxyl groups excluding tert-OH is 1. The molecule has 1 aliphatic rings. The Morgan fingerprint density at radius 3 is 2.76 bits per heavy atom. The number of rotatable bonds is 7. The number of hydrogen-bond acceptors (Lipinski definition) is 4. The lowest BCUT2D eigenvalue weighted by Gasteiger charge is -2.26. The van der Waals surface area contributed by atoms with Crippen molar-refractivity contribution in [1.82, 2.24) is 9.78 Å². The molecule has 1 aliphatic carbocycles. The van der Waals surface area contributed by atoms with E-state index in [0.29, 0.717) is 29.1 Å². The van der Waals surface area contributed by atoms with Crippen LogP contribution in [-0.2, 0) is 6.54 Å². The molecule has 0 amide bonds. The SMILES string of the molecule is CC(C)CC(CO)Nc1c(Cl)cnn(CC2CCC2)c1=O. The fraction of sp³-hybridized carbons (Fsp3) is 0.733. The monoisotopic (exact) mass is 313 g/mol. The predicted molar refractivity (Wildman–Crippen MR) is 84.8 cm³/mol. The second kappa shape index (κ2) is 7.27. The van der Waals surface area contributed by atoms with E-state index in [1.807, 2.05) is 0 Å². The summed E-state index contributed by atoms with van der Waals surface area (Å²) in [4.78, 5) is 12.5. The molecule has 1 aromatic heterocycles. The van der Waals surface area contributed by atoms with Crippen molar-refractivity contribution in [1.29, 1.82) is 0 Å². The minimum Gasteiger partial charge on any atom is -0.394 e. The van der Waals surface area contributed by atoms with E-state index in [9.17, 15) is 9.90 Å². The molecule has 2 rings (SSSR count). The summed E-state index contributed by atoms with van der Waals surface area (Å²) in [5, 5.41) is 17.0. The van der Waals surface area contributed by atoms with E-state index in [1.54, 1.807) is 0 Å². The van der Waals surface area contributed by atoms with Gasteiger partial charge in [-0.25, -0.2) is 4.68 Å². The Labute approximate surface area is 130 Å². The minimum absolute atomic E-state index is 0.0289. The lowest BCUT2D eigenvalue weighted by atomic mass is 9.85. The highest BCUT2D eigenvalue weighted by Gasteiger charge is 2.21. The molecule has 1 unspecified atom stereocenters. The second-order valence-electron chi connectivity index (χ2n) is 6.31. The molecule has 1 saturated carbocycles. The summed E-state index contributed by atoms with van der Waals surface area (Å²) < 4.78 is 1.49. The van der Waals surface area contributed by atoms with Gasteiger partial charge in [0.2, 0.25) is 0 Å². The van der Waals surface area contributed by atoms with Crippen LogP contribution in [-0.4, -0.2) is 27.5 Å². The van der Waals surface area contributed by atoms with Gasteiger partial charge in [-0.2, -0.15) is 5.10 Å². The van der Waals surface area contributed by atoms with Gasteiger partial charge in [-0.3, -0.25) is 4.79 Å². The van der Waals surface area contributed by atoms with Crippen LogP contribution in [0.5, 0.6) is 0 Å². The van der Waals surface area contributed by atoms with Crippen molar-refractivity contribution in [3.8, 4) is 0 Å². The summed E-state index contributed by atoms with van der Waals surface area (Å²) in [5.74, 6) is 0.973. The normalized spacial score (nSPS) is 16.8. The summed E-state index contributed by atoms with van der Waals surface area (Å²) >= 11 is 6.10. The number of hydrogen-bond donors (Lipinski definition) is 2. The maximum Gasteiger partial charge on any atom is 0.291 e. The zero-order chi connectivity index (χ0) is 15.4. The molecular formula is C15H24ClN3O2. The smallest absolute Gasteiger partial charge is 0.291 e. The van der Waals surface area contributed by atoms with Crippen LogP contribution in [0.25, 0.3) is 0 Å².